The van der Waals surface area contributed by atoms with Crippen LogP contribution in [-0.2, 0) is 41.7 Å². The fraction of sp³-hybridized carbons (Fsp3) is 0.773. The molecule has 0 aromatic heterocycles. The van der Waals surface area contributed by atoms with Crippen molar-refractivity contribution in [1.29, 1.82) is 0 Å². The minimum absolute atomic E-state index is 0.0997. The Hall–Kier alpha value is -3.18. The summed E-state index contributed by atoms with van der Waals surface area (Å²) < 4.78 is 17.4. The second kappa shape index (κ2) is 31.0. The highest BCUT2D eigenvalue weighted by molar-refractivity contribution is 6.07. The van der Waals surface area contributed by atoms with E-state index in [0.29, 0.717) is 38.4 Å². The van der Waals surface area contributed by atoms with E-state index in [9.17, 15) is 19.2 Å². The van der Waals surface area contributed by atoms with E-state index in [1.807, 2.05) is 30.0 Å². The van der Waals surface area contributed by atoms with Gasteiger partial charge in [-0.25, -0.2) is 0 Å². The molecule has 316 valence electrons. The van der Waals surface area contributed by atoms with Gasteiger partial charge in [0.05, 0.1) is 6.61 Å². The molecule has 1 aromatic carbocycles. The Morgan fingerprint density at radius 1 is 0.655 bits per heavy atom. The second-order valence-corrected chi connectivity index (χ2v) is 15.0. The van der Waals surface area contributed by atoms with E-state index in [1.54, 1.807) is 4.90 Å². The molecule has 0 saturated carbocycles. The lowest BCUT2D eigenvalue weighted by molar-refractivity contribution is -0.165. The smallest absolute Gasteiger partial charge is 0.264 e. The first-order valence-electron chi connectivity index (χ1n) is 21.6. The number of unbranched alkanes of at least 4 members (excludes halogenated alkanes) is 13. The van der Waals surface area contributed by atoms with Crippen LogP contribution in [0.5, 0.6) is 5.75 Å². The molecule has 11 heteroatoms. The topological polar surface area (TPSA) is 140 Å². The molecule has 3 N–H and O–H groups in total. The number of hydrogen-bond donors (Lipinski definition) is 2. The van der Waals surface area contributed by atoms with Crippen molar-refractivity contribution in [2.24, 2.45) is 5.73 Å². The first kappa shape index (κ1) is 49.8. The number of nitrogens with one attached hydrogen (secondary N) is 1. The zero-order valence-electron chi connectivity index (χ0n) is 35.7. The van der Waals surface area contributed by atoms with Crippen LogP contribution in [0, 0.1) is 0 Å². The Kier molecular flexibility index (Phi) is 28.1. The Labute approximate surface area is 334 Å². The molecule has 0 spiro atoms. The van der Waals surface area contributed by atoms with Gasteiger partial charge in [-0.05, 0) is 61.8 Å². The summed E-state index contributed by atoms with van der Waals surface area (Å²) in [5, 5.41) is 2.91. The van der Waals surface area contributed by atoms with E-state index >= 15 is 0 Å². The number of carbonyl (C=O) groups excluding carboxylic acids is 4. The van der Waals surface area contributed by atoms with Crippen molar-refractivity contribution in [3.63, 3.8) is 0 Å². The van der Waals surface area contributed by atoms with Gasteiger partial charge >= 0.3 is 0 Å². The van der Waals surface area contributed by atoms with E-state index in [-0.39, 0.29) is 44.5 Å². The minimum atomic E-state index is -1.74. The highest BCUT2D eigenvalue weighted by Crippen LogP contribution is 2.26. The molecule has 0 aliphatic rings. The maximum absolute atomic E-state index is 14.1. The summed E-state index contributed by atoms with van der Waals surface area (Å²) in [6.45, 7) is 12.9. The molecule has 1 unspecified atom stereocenters. The lowest BCUT2D eigenvalue weighted by Crippen LogP contribution is -2.58. The summed E-state index contributed by atoms with van der Waals surface area (Å²) in [6.07, 6.45) is 19.4. The van der Waals surface area contributed by atoms with Gasteiger partial charge in [0.25, 0.3) is 11.8 Å². The van der Waals surface area contributed by atoms with Crippen molar-refractivity contribution < 1.29 is 33.4 Å². The molecule has 1 aromatic rings. The first-order chi connectivity index (χ1) is 26.6. The zero-order chi connectivity index (χ0) is 40.7. The Balaban J connectivity index is 3.07. The van der Waals surface area contributed by atoms with Crippen molar-refractivity contribution >= 4 is 23.6 Å². The van der Waals surface area contributed by atoms with Crippen LogP contribution in [0.3, 0.4) is 0 Å². The lowest BCUT2D eigenvalue weighted by atomic mass is 9.93. The highest BCUT2D eigenvalue weighted by atomic mass is 16.5. The summed E-state index contributed by atoms with van der Waals surface area (Å²) in [5.41, 5.74) is 5.69. The molecule has 0 saturated heterocycles. The standard InChI is InChI=1S/C44H78N4O7/c1-7-12-17-18-19-20-21-22-23-24-29-55-39-31-37(33-46-40(49)35-54-36-41(50)47(26-14-9-3)27-15-10-4)30-38(32-39)34-48(28-16-11-5)43(52)44(53-6,42(45)51)25-13-8-2/h30-32H,7-29,33-36H2,1-6H3,(H2,45,51)(H,46,49). The van der Waals surface area contributed by atoms with Gasteiger partial charge < -0.3 is 35.1 Å². The SMILES string of the molecule is CCCCCCCCCCCCOc1cc(CNC(=O)COCC(=O)N(CCCC)CCCC)cc(CN(CCCC)C(=O)C(CCCC)(OC)C(N)=O)c1. The number of hydrogen-bond acceptors (Lipinski definition) is 7. The van der Waals surface area contributed by atoms with Crippen LogP contribution in [0.15, 0.2) is 18.2 Å². The highest BCUT2D eigenvalue weighted by Gasteiger charge is 2.46. The van der Waals surface area contributed by atoms with Gasteiger partial charge in [0, 0.05) is 39.8 Å². The molecule has 1 atom stereocenters. The van der Waals surface area contributed by atoms with Crippen molar-refractivity contribution in [3.05, 3.63) is 29.3 Å². The zero-order valence-corrected chi connectivity index (χ0v) is 35.7. The van der Waals surface area contributed by atoms with Crippen LogP contribution in [0.25, 0.3) is 0 Å². The molecular formula is C44H78N4O7. The van der Waals surface area contributed by atoms with Crippen molar-refractivity contribution in [2.45, 2.75) is 175 Å². The third-order valence-electron chi connectivity index (χ3n) is 10.1. The van der Waals surface area contributed by atoms with Gasteiger partial charge in [-0.1, -0.05) is 124 Å². The van der Waals surface area contributed by atoms with E-state index in [2.05, 4.69) is 33.0 Å². The molecule has 0 radical (unpaired) electrons. The fourth-order valence-electron chi connectivity index (χ4n) is 6.55. The van der Waals surface area contributed by atoms with Crippen molar-refractivity contribution in [3.8, 4) is 5.75 Å². The quantitative estimate of drug-likeness (QED) is 0.0523. The van der Waals surface area contributed by atoms with Crippen LogP contribution >= 0.6 is 0 Å². The number of rotatable bonds is 35. The van der Waals surface area contributed by atoms with E-state index in [1.165, 1.54) is 58.5 Å². The molecule has 0 aliphatic carbocycles. The molecule has 1 rings (SSSR count). The van der Waals surface area contributed by atoms with Gasteiger partial charge in [0.2, 0.25) is 17.4 Å². The molecule has 11 nitrogen and oxygen atoms in total. The number of carbonyl (C=O) groups is 4. The van der Waals surface area contributed by atoms with Gasteiger partial charge in [-0.15, -0.1) is 0 Å². The summed E-state index contributed by atoms with van der Waals surface area (Å²) in [5.74, 6) is -1.00. The molecule has 0 bridgehead atoms. The summed E-state index contributed by atoms with van der Waals surface area (Å²) in [7, 11) is 1.37. The minimum Gasteiger partial charge on any atom is -0.494 e. The predicted octanol–water partition coefficient (Wildman–Crippen LogP) is 8.24. The lowest BCUT2D eigenvalue weighted by Gasteiger charge is -2.34. The van der Waals surface area contributed by atoms with Crippen LogP contribution in [0.4, 0.5) is 0 Å². The van der Waals surface area contributed by atoms with Crippen molar-refractivity contribution in [1.82, 2.24) is 15.1 Å². The number of methoxy groups -OCH3 is 1. The fourth-order valence-corrected chi connectivity index (χ4v) is 6.55. The Morgan fingerprint density at radius 2 is 1.18 bits per heavy atom. The number of benzene rings is 1. The maximum atomic E-state index is 14.1. The van der Waals surface area contributed by atoms with Gasteiger partial charge in [0.15, 0.2) is 0 Å². The average Bonchev–Trinajstić information content (AvgIpc) is 3.17. The largest absolute Gasteiger partial charge is 0.494 e. The number of primary amides is 1. The molecule has 0 aliphatic heterocycles. The normalized spacial score (nSPS) is 12.3. The third kappa shape index (κ3) is 20.5. The summed E-state index contributed by atoms with van der Waals surface area (Å²) in [6, 6.07) is 5.77. The predicted molar refractivity (Wildman–Crippen MR) is 222 cm³/mol. The summed E-state index contributed by atoms with van der Waals surface area (Å²) >= 11 is 0. The van der Waals surface area contributed by atoms with E-state index in [4.69, 9.17) is 19.9 Å². The van der Waals surface area contributed by atoms with Gasteiger partial charge in [-0.3, -0.25) is 19.2 Å². The van der Waals surface area contributed by atoms with Gasteiger partial charge in [-0.2, -0.15) is 0 Å². The number of amides is 4. The van der Waals surface area contributed by atoms with Gasteiger partial charge in [0.1, 0.15) is 19.0 Å². The number of nitrogens with two attached hydrogens (primary N) is 1. The number of nitrogens with zero attached hydrogens (tertiary/aromatic N) is 2. The molecule has 4 amide bonds. The van der Waals surface area contributed by atoms with Crippen LogP contribution in [0.1, 0.15) is 168 Å². The maximum Gasteiger partial charge on any atom is 0.264 e. The number of ether oxygens (including phenoxy) is 3. The van der Waals surface area contributed by atoms with Crippen molar-refractivity contribution in [2.75, 3.05) is 46.6 Å². The van der Waals surface area contributed by atoms with E-state index < -0.39 is 17.4 Å². The molecule has 55 heavy (non-hydrogen) atoms. The van der Waals surface area contributed by atoms with Crippen LogP contribution in [0.2, 0.25) is 0 Å². The van der Waals surface area contributed by atoms with Crippen LogP contribution in [-0.4, -0.2) is 85.6 Å². The second-order valence-electron chi connectivity index (χ2n) is 15.0. The Bertz CT molecular complexity index is 1200. The average molecular weight is 775 g/mol. The molecular weight excluding hydrogens is 697 g/mol. The first-order valence-corrected chi connectivity index (χ1v) is 21.6. The Morgan fingerprint density at radius 3 is 1.73 bits per heavy atom. The van der Waals surface area contributed by atoms with Crippen LogP contribution < -0.4 is 15.8 Å². The molecule has 0 heterocycles. The third-order valence-corrected chi connectivity index (χ3v) is 10.1. The summed E-state index contributed by atoms with van der Waals surface area (Å²) in [4.78, 5) is 55.9. The monoisotopic (exact) mass is 775 g/mol. The molecule has 0 fully saturated rings. The van der Waals surface area contributed by atoms with E-state index in [0.717, 1.165) is 68.9 Å².